The van der Waals surface area contributed by atoms with Gasteiger partial charge in [-0.3, -0.25) is 4.79 Å². The first-order valence-corrected chi connectivity index (χ1v) is 3.34. The standard InChI is InChI=1S/C7H9N3O/c1-2-5-3-9-6(4-11)7(8)10-5/h3-4H,2H2,1H3,(H2,8,10). The van der Waals surface area contributed by atoms with Gasteiger partial charge >= 0.3 is 0 Å². The van der Waals surface area contributed by atoms with Crippen LogP contribution in [0.3, 0.4) is 0 Å². The maximum absolute atomic E-state index is 10.2. The highest BCUT2D eigenvalue weighted by Crippen LogP contribution is 2.03. The van der Waals surface area contributed by atoms with E-state index in [0.717, 1.165) is 12.1 Å². The molecule has 0 spiro atoms. The van der Waals surface area contributed by atoms with Crippen LogP contribution >= 0.6 is 0 Å². The first kappa shape index (κ1) is 7.65. The van der Waals surface area contributed by atoms with Gasteiger partial charge < -0.3 is 5.73 Å². The molecule has 0 saturated heterocycles. The number of rotatable bonds is 2. The Balaban J connectivity index is 3.09. The Morgan fingerprint density at radius 1 is 1.73 bits per heavy atom. The molecule has 0 aliphatic carbocycles. The second-order valence-corrected chi connectivity index (χ2v) is 2.10. The van der Waals surface area contributed by atoms with E-state index in [9.17, 15) is 4.79 Å². The van der Waals surface area contributed by atoms with E-state index < -0.39 is 0 Å². The lowest BCUT2D eigenvalue weighted by Gasteiger charge is -1.98. The second-order valence-electron chi connectivity index (χ2n) is 2.10. The minimum absolute atomic E-state index is 0.208. The highest BCUT2D eigenvalue weighted by molar-refractivity contribution is 5.78. The van der Waals surface area contributed by atoms with E-state index in [4.69, 9.17) is 5.73 Å². The molecule has 0 saturated carbocycles. The summed E-state index contributed by atoms with van der Waals surface area (Å²) in [5.74, 6) is 0.208. The van der Waals surface area contributed by atoms with Crippen LogP contribution < -0.4 is 5.73 Å². The normalized spacial score (nSPS) is 9.55. The smallest absolute Gasteiger partial charge is 0.172 e. The summed E-state index contributed by atoms with van der Waals surface area (Å²) in [6, 6.07) is 0. The van der Waals surface area contributed by atoms with Gasteiger partial charge in [0.15, 0.2) is 12.1 Å². The van der Waals surface area contributed by atoms with Crippen LogP contribution in [0.4, 0.5) is 5.82 Å². The molecule has 0 unspecified atom stereocenters. The molecule has 0 bridgehead atoms. The fraction of sp³-hybridized carbons (Fsp3) is 0.286. The van der Waals surface area contributed by atoms with E-state index >= 15 is 0 Å². The molecule has 0 atom stereocenters. The van der Waals surface area contributed by atoms with Crippen molar-refractivity contribution in [3.05, 3.63) is 17.6 Å². The van der Waals surface area contributed by atoms with Crippen LogP contribution in [0, 0.1) is 0 Å². The van der Waals surface area contributed by atoms with Gasteiger partial charge in [0.1, 0.15) is 5.69 Å². The highest BCUT2D eigenvalue weighted by Gasteiger charge is 2.00. The van der Waals surface area contributed by atoms with Crippen LogP contribution in [0.15, 0.2) is 6.20 Å². The molecule has 0 amide bonds. The van der Waals surface area contributed by atoms with Gasteiger partial charge in [0.2, 0.25) is 0 Å². The van der Waals surface area contributed by atoms with Crippen molar-refractivity contribution in [3.63, 3.8) is 0 Å². The van der Waals surface area contributed by atoms with Gasteiger partial charge in [-0.1, -0.05) is 6.92 Å². The fourth-order valence-electron chi connectivity index (χ4n) is 0.712. The number of nitrogens with two attached hydrogens (primary N) is 1. The fourth-order valence-corrected chi connectivity index (χ4v) is 0.712. The van der Waals surface area contributed by atoms with Crippen LogP contribution in [0.1, 0.15) is 23.1 Å². The monoisotopic (exact) mass is 151 g/mol. The SMILES string of the molecule is CCc1cnc(C=O)c(N)n1. The van der Waals surface area contributed by atoms with E-state index in [2.05, 4.69) is 9.97 Å². The Morgan fingerprint density at radius 3 is 2.91 bits per heavy atom. The molecule has 0 aliphatic rings. The van der Waals surface area contributed by atoms with Crippen molar-refractivity contribution in [1.29, 1.82) is 0 Å². The van der Waals surface area contributed by atoms with Crippen LogP contribution in [0.5, 0.6) is 0 Å². The molecule has 0 aromatic carbocycles. The summed E-state index contributed by atoms with van der Waals surface area (Å²) in [7, 11) is 0. The number of nitrogens with zero attached hydrogens (tertiary/aromatic N) is 2. The Morgan fingerprint density at radius 2 is 2.45 bits per heavy atom. The van der Waals surface area contributed by atoms with Crippen molar-refractivity contribution in [2.24, 2.45) is 0 Å². The predicted octanol–water partition coefficient (Wildman–Crippen LogP) is 0.434. The number of hydrogen-bond donors (Lipinski definition) is 1. The number of anilines is 1. The van der Waals surface area contributed by atoms with Crippen LogP contribution in [-0.4, -0.2) is 16.3 Å². The zero-order valence-electron chi connectivity index (χ0n) is 6.24. The molecule has 0 aliphatic heterocycles. The molecule has 0 radical (unpaired) electrons. The van der Waals surface area contributed by atoms with E-state index in [1.807, 2.05) is 6.92 Å². The molecule has 1 heterocycles. The minimum Gasteiger partial charge on any atom is -0.382 e. The van der Waals surface area contributed by atoms with E-state index in [1.165, 1.54) is 0 Å². The van der Waals surface area contributed by atoms with Gasteiger partial charge in [0.25, 0.3) is 0 Å². The minimum atomic E-state index is 0.208. The number of nitrogen functional groups attached to an aromatic ring is 1. The molecule has 1 rings (SSSR count). The van der Waals surface area contributed by atoms with Gasteiger partial charge in [-0.25, -0.2) is 9.97 Å². The first-order valence-electron chi connectivity index (χ1n) is 3.34. The Kier molecular flexibility index (Phi) is 2.15. The Hall–Kier alpha value is -1.45. The van der Waals surface area contributed by atoms with Crippen LogP contribution in [-0.2, 0) is 6.42 Å². The maximum atomic E-state index is 10.2. The number of aryl methyl sites for hydroxylation is 1. The van der Waals surface area contributed by atoms with Gasteiger partial charge in [0, 0.05) is 6.20 Å². The van der Waals surface area contributed by atoms with E-state index in [0.29, 0.717) is 6.29 Å². The zero-order chi connectivity index (χ0) is 8.27. The van der Waals surface area contributed by atoms with Gasteiger partial charge in [-0.2, -0.15) is 0 Å². The Labute approximate surface area is 64.5 Å². The van der Waals surface area contributed by atoms with Gasteiger partial charge in [-0.05, 0) is 6.42 Å². The first-order chi connectivity index (χ1) is 5.27. The quantitative estimate of drug-likeness (QED) is 0.622. The molecular weight excluding hydrogens is 142 g/mol. The molecule has 2 N–H and O–H groups in total. The molecule has 0 fully saturated rings. The zero-order valence-corrected chi connectivity index (χ0v) is 6.24. The average molecular weight is 151 g/mol. The average Bonchev–Trinajstić information content (AvgIpc) is 2.04. The molecule has 4 heteroatoms. The number of aldehydes is 1. The van der Waals surface area contributed by atoms with Crippen molar-refractivity contribution in [2.75, 3.05) is 5.73 Å². The lowest BCUT2D eigenvalue weighted by atomic mass is 10.3. The van der Waals surface area contributed by atoms with Gasteiger partial charge in [-0.15, -0.1) is 0 Å². The predicted molar refractivity (Wildman–Crippen MR) is 41.2 cm³/mol. The lowest BCUT2D eigenvalue weighted by molar-refractivity contribution is 0.111. The number of carbonyl (C=O) groups is 1. The molecule has 11 heavy (non-hydrogen) atoms. The lowest BCUT2D eigenvalue weighted by Crippen LogP contribution is -2.02. The summed E-state index contributed by atoms with van der Waals surface area (Å²) in [4.78, 5) is 18.0. The number of hydrogen-bond acceptors (Lipinski definition) is 4. The highest BCUT2D eigenvalue weighted by atomic mass is 16.1. The summed E-state index contributed by atoms with van der Waals surface area (Å²) in [6.45, 7) is 1.95. The van der Waals surface area contributed by atoms with Crippen LogP contribution in [0.2, 0.25) is 0 Å². The molecular formula is C7H9N3O. The summed E-state index contributed by atoms with van der Waals surface area (Å²) >= 11 is 0. The van der Waals surface area contributed by atoms with Crippen LogP contribution in [0.25, 0.3) is 0 Å². The summed E-state index contributed by atoms with van der Waals surface area (Å²) in [6.07, 6.45) is 2.93. The largest absolute Gasteiger partial charge is 0.382 e. The Bertz CT molecular complexity index is 272. The maximum Gasteiger partial charge on any atom is 0.172 e. The van der Waals surface area contributed by atoms with Crippen molar-refractivity contribution in [3.8, 4) is 0 Å². The molecule has 4 nitrogen and oxygen atoms in total. The molecule has 1 aromatic rings. The third-order valence-corrected chi connectivity index (χ3v) is 1.35. The third kappa shape index (κ3) is 1.52. The third-order valence-electron chi connectivity index (χ3n) is 1.35. The van der Waals surface area contributed by atoms with Crippen molar-refractivity contribution < 1.29 is 4.79 Å². The van der Waals surface area contributed by atoms with Crippen molar-refractivity contribution >= 4 is 12.1 Å². The van der Waals surface area contributed by atoms with Gasteiger partial charge in [0.05, 0.1) is 5.69 Å². The summed E-state index contributed by atoms with van der Waals surface area (Å²) < 4.78 is 0. The van der Waals surface area contributed by atoms with Crippen molar-refractivity contribution in [2.45, 2.75) is 13.3 Å². The topological polar surface area (TPSA) is 68.9 Å². The summed E-state index contributed by atoms with van der Waals surface area (Å²) in [5, 5.41) is 0. The molecule has 1 aromatic heterocycles. The molecule has 58 valence electrons. The van der Waals surface area contributed by atoms with E-state index in [1.54, 1.807) is 6.20 Å². The second kappa shape index (κ2) is 3.09. The van der Waals surface area contributed by atoms with Crippen molar-refractivity contribution in [1.82, 2.24) is 9.97 Å². The van der Waals surface area contributed by atoms with E-state index in [-0.39, 0.29) is 11.5 Å². The number of carbonyl (C=O) groups excluding carboxylic acids is 1. The number of aromatic nitrogens is 2. The summed E-state index contributed by atoms with van der Waals surface area (Å²) in [5.41, 5.74) is 6.41.